The van der Waals surface area contributed by atoms with E-state index in [4.69, 9.17) is 10.2 Å². The summed E-state index contributed by atoms with van der Waals surface area (Å²) in [6, 6.07) is -1.46. The van der Waals surface area contributed by atoms with Crippen molar-refractivity contribution in [2.75, 3.05) is 6.61 Å². The zero-order valence-electron chi connectivity index (χ0n) is 4.88. The third-order valence-corrected chi connectivity index (χ3v) is 0.885. The van der Waals surface area contributed by atoms with Crippen molar-refractivity contribution >= 4 is 6.04 Å². The fraction of sp³-hybridized carbons (Fsp3) is 0.800. The number of carbonyl (C=O) groups excluding carboxylic acids is 1. The molecule has 0 unspecified atom stereocenters. The third kappa shape index (κ3) is 5.39. The molecule has 2 N–H and O–H groups in total. The van der Waals surface area contributed by atoms with Crippen molar-refractivity contribution < 1.29 is 19.4 Å². The molecule has 0 fully saturated rings. The fourth-order valence-electron chi connectivity index (χ4n) is 0.371. The van der Waals surface area contributed by atoms with Crippen LogP contribution in [0.3, 0.4) is 0 Å². The van der Waals surface area contributed by atoms with E-state index in [9.17, 15) is 9.18 Å². The van der Waals surface area contributed by atoms with E-state index >= 15 is 0 Å². The Balaban J connectivity index is 3.16. The van der Waals surface area contributed by atoms with Crippen molar-refractivity contribution in [2.24, 2.45) is 0 Å². The molecule has 0 rings (SSSR count). The van der Waals surface area contributed by atoms with Crippen LogP contribution in [-0.4, -0.2) is 29.0 Å². The van der Waals surface area contributed by atoms with Crippen molar-refractivity contribution in [1.29, 1.82) is 0 Å². The molecule has 0 radical (unpaired) electrons. The van der Waals surface area contributed by atoms with Gasteiger partial charge in [0, 0.05) is 6.42 Å². The second-order valence-electron chi connectivity index (χ2n) is 1.73. The monoisotopic (exact) mass is 136 g/mol. The molecule has 0 amide bonds. The maximum atomic E-state index is 11.4. The average Bonchev–Trinajstić information content (AvgIpc) is 1.83. The van der Waals surface area contributed by atoms with Crippen LogP contribution in [0.1, 0.15) is 12.8 Å². The lowest BCUT2D eigenvalue weighted by atomic mass is 10.2. The van der Waals surface area contributed by atoms with Gasteiger partial charge in [-0.05, 0) is 6.42 Å². The lowest BCUT2D eigenvalue weighted by Crippen LogP contribution is -2.12. The molecular formula is C5H9FO3. The lowest BCUT2D eigenvalue weighted by molar-refractivity contribution is -0.129. The van der Waals surface area contributed by atoms with Crippen molar-refractivity contribution in [2.45, 2.75) is 18.9 Å². The highest BCUT2D eigenvalue weighted by Crippen LogP contribution is 1.96. The van der Waals surface area contributed by atoms with Gasteiger partial charge in [-0.1, -0.05) is 0 Å². The molecule has 0 saturated carbocycles. The minimum absolute atomic E-state index is 0.00810. The second-order valence-corrected chi connectivity index (χ2v) is 1.73. The summed E-state index contributed by atoms with van der Waals surface area (Å²) in [6.07, 6.45) is -1.29. The molecule has 0 heterocycles. The van der Waals surface area contributed by atoms with Gasteiger partial charge in [-0.25, -0.2) is 0 Å². The van der Waals surface area contributed by atoms with E-state index in [2.05, 4.69) is 0 Å². The van der Waals surface area contributed by atoms with Gasteiger partial charge < -0.3 is 10.2 Å². The number of aliphatic hydroxyl groups excluding tert-OH is 2. The van der Waals surface area contributed by atoms with Crippen LogP contribution in [-0.2, 0) is 4.79 Å². The van der Waals surface area contributed by atoms with Gasteiger partial charge in [0.05, 0.1) is 12.7 Å². The predicted molar refractivity (Wildman–Crippen MR) is 28.4 cm³/mol. The number of carbonyl (C=O) groups is 1. The van der Waals surface area contributed by atoms with E-state index in [1.165, 1.54) is 0 Å². The van der Waals surface area contributed by atoms with Crippen LogP contribution < -0.4 is 0 Å². The topological polar surface area (TPSA) is 57.5 Å². The Labute approximate surface area is 52.1 Å². The minimum atomic E-state index is -1.46. The van der Waals surface area contributed by atoms with E-state index in [0.29, 0.717) is 0 Å². The molecule has 54 valence electrons. The Morgan fingerprint density at radius 2 is 2.22 bits per heavy atom. The molecular weight excluding hydrogens is 127 g/mol. The highest BCUT2D eigenvalue weighted by atomic mass is 19.1. The summed E-state index contributed by atoms with van der Waals surface area (Å²) in [4.78, 5) is 9.60. The molecule has 4 heteroatoms. The summed E-state index contributed by atoms with van der Waals surface area (Å²) in [7, 11) is 0. The van der Waals surface area contributed by atoms with Crippen LogP contribution in [0.5, 0.6) is 0 Å². The van der Waals surface area contributed by atoms with Crippen LogP contribution in [0.2, 0.25) is 0 Å². The first-order chi connectivity index (χ1) is 4.16. The Morgan fingerprint density at radius 3 is 2.56 bits per heavy atom. The summed E-state index contributed by atoms with van der Waals surface area (Å²) in [5.41, 5.74) is 0. The van der Waals surface area contributed by atoms with E-state index in [1.807, 2.05) is 0 Å². The first-order valence-corrected chi connectivity index (χ1v) is 2.64. The highest BCUT2D eigenvalue weighted by Gasteiger charge is 2.04. The van der Waals surface area contributed by atoms with Crippen LogP contribution in [0.4, 0.5) is 4.39 Å². The molecule has 0 saturated heterocycles. The molecule has 0 aliphatic carbocycles. The van der Waals surface area contributed by atoms with Gasteiger partial charge in [0.2, 0.25) is 0 Å². The molecule has 0 spiro atoms. The standard InChI is InChI=1S/C5H9FO3/c6-5(9)2-1-4(8)3-7/h4,7-8H,1-3H2/t4-/m0/s1. The maximum absolute atomic E-state index is 11.4. The predicted octanol–water partition coefficient (Wildman–Crippen LogP) is -0.384. The smallest absolute Gasteiger partial charge is 0.301 e. The molecule has 9 heavy (non-hydrogen) atoms. The molecule has 0 bridgehead atoms. The van der Waals surface area contributed by atoms with Gasteiger partial charge in [0.15, 0.2) is 0 Å². The van der Waals surface area contributed by atoms with Crippen molar-refractivity contribution in [3.63, 3.8) is 0 Å². The largest absolute Gasteiger partial charge is 0.394 e. The average molecular weight is 136 g/mol. The Morgan fingerprint density at radius 1 is 1.67 bits per heavy atom. The van der Waals surface area contributed by atoms with Crippen LogP contribution in [0, 0.1) is 0 Å². The Hall–Kier alpha value is -0.480. The number of hydrogen-bond acceptors (Lipinski definition) is 3. The molecule has 0 aromatic heterocycles. The Bertz CT molecular complexity index is 94.2. The quantitative estimate of drug-likeness (QED) is 0.518. The molecule has 3 nitrogen and oxygen atoms in total. The zero-order chi connectivity index (χ0) is 7.28. The number of aliphatic hydroxyl groups is 2. The van der Waals surface area contributed by atoms with Gasteiger partial charge >= 0.3 is 6.04 Å². The molecule has 1 atom stereocenters. The van der Waals surface area contributed by atoms with Gasteiger partial charge in [0.1, 0.15) is 0 Å². The zero-order valence-corrected chi connectivity index (χ0v) is 4.88. The van der Waals surface area contributed by atoms with Gasteiger partial charge in [-0.2, -0.15) is 4.39 Å². The normalized spacial score (nSPS) is 13.2. The second kappa shape index (κ2) is 4.40. The summed E-state index contributed by atoms with van der Waals surface area (Å²) in [5.74, 6) is 0. The van der Waals surface area contributed by atoms with E-state index in [-0.39, 0.29) is 12.8 Å². The first kappa shape index (κ1) is 8.52. The van der Waals surface area contributed by atoms with Gasteiger partial charge in [-0.3, -0.25) is 4.79 Å². The molecule has 0 aliphatic heterocycles. The van der Waals surface area contributed by atoms with Crippen molar-refractivity contribution in [3.05, 3.63) is 0 Å². The SMILES string of the molecule is O=C(F)CC[C@H](O)CO. The van der Waals surface area contributed by atoms with E-state index in [0.717, 1.165) is 0 Å². The van der Waals surface area contributed by atoms with Crippen LogP contribution in [0.15, 0.2) is 0 Å². The molecule has 0 aromatic rings. The summed E-state index contributed by atoms with van der Waals surface area (Å²) >= 11 is 0. The van der Waals surface area contributed by atoms with Crippen LogP contribution in [0.25, 0.3) is 0 Å². The first-order valence-electron chi connectivity index (χ1n) is 2.64. The third-order valence-electron chi connectivity index (χ3n) is 0.885. The number of rotatable bonds is 4. The van der Waals surface area contributed by atoms with Gasteiger partial charge in [0.25, 0.3) is 0 Å². The summed E-state index contributed by atoms with van der Waals surface area (Å²) < 4.78 is 11.4. The lowest BCUT2D eigenvalue weighted by Gasteiger charge is -2.01. The maximum Gasteiger partial charge on any atom is 0.301 e. The number of hydrogen-bond donors (Lipinski definition) is 2. The minimum Gasteiger partial charge on any atom is -0.394 e. The molecule has 0 aliphatic rings. The summed E-state index contributed by atoms with van der Waals surface area (Å²) in [6.45, 7) is -0.423. The number of halogens is 1. The fourth-order valence-corrected chi connectivity index (χ4v) is 0.371. The van der Waals surface area contributed by atoms with Crippen molar-refractivity contribution in [3.8, 4) is 0 Å². The highest BCUT2D eigenvalue weighted by molar-refractivity contribution is 5.67. The van der Waals surface area contributed by atoms with E-state index < -0.39 is 18.7 Å². The van der Waals surface area contributed by atoms with Crippen molar-refractivity contribution in [1.82, 2.24) is 0 Å². The molecule has 0 aromatic carbocycles. The Kier molecular flexibility index (Phi) is 4.17. The van der Waals surface area contributed by atoms with Gasteiger partial charge in [-0.15, -0.1) is 0 Å². The van der Waals surface area contributed by atoms with E-state index in [1.54, 1.807) is 0 Å². The van der Waals surface area contributed by atoms with Crippen LogP contribution >= 0.6 is 0 Å². The summed E-state index contributed by atoms with van der Waals surface area (Å²) in [5, 5.41) is 16.7.